The highest BCUT2D eigenvalue weighted by Gasteiger charge is 2.10. The van der Waals surface area contributed by atoms with Gasteiger partial charge in [-0.05, 0) is 31.2 Å². The average molecular weight is 300 g/mol. The molecule has 0 aliphatic rings. The van der Waals surface area contributed by atoms with Crippen molar-refractivity contribution in [2.75, 3.05) is 0 Å². The Morgan fingerprint density at radius 3 is 2.76 bits per heavy atom. The predicted molar refractivity (Wildman–Crippen MR) is 83.9 cm³/mol. The van der Waals surface area contributed by atoms with Crippen LogP contribution in [0.25, 0.3) is 10.9 Å². The summed E-state index contributed by atoms with van der Waals surface area (Å²) in [5.41, 5.74) is 2.37. The second-order valence-corrected chi connectivity index (χ2v) is 5.21. The van der Waals surface area contributed by atoms with Gasteiger partial charge in [0.1, 0.15) is 18.1 Å². The van der Waals surface area contributed by atoms with Crippen LogP contribution in [0.3, 0.4) is 0 Å². The van der Waals surface area contributed by atoms with Gasteiger partial charge in [-0.3, -0.25) is 0 Å². The number of nitrogens with zero attached hydrogens (tertiary/aromatic N) is 1. The second kappa shape index (κ2) is 5.62. The lowest BCUT2D eigenvalue weighted by Crippen LogP contribution is -2.00. The van der Waals surface area contributed by atoms with Gasteiger partial charge in [-0.1, -0.05) is 35.9 Å². The Kier molecular flexibility index (Phi) is 3.67. The van der Waals surface area contributed by atoms with Crippen molar-refractivity contribution in [3.63, 3.8) is 0 Å². The molecule has 4 heteroatoms. The van der Waals surface area contributed by atoms with Crippen molar-refractivity contribution in [3.8, 4) is 11.5 Å². The number of para-hydroxylation sites is 1. The third kappa shape index (κ3) is 2.78. The van der Waals surface area contributed by atoms with Gasteiger partial charge in [0.05, 0.1) is 16.2 Å². The van der Waals surface area contributed by atoms with E-state index in [-0.39, 0.29) is 5.75 Å². The summed E-state index contributed by atoms with van der Waals surface area (Å²) >= 11 is 6.11. The molecule has 2 aromatic carbocycles. The Bertz CT molecular complexity index is 802. The molecular formula is C17H14ClNO2. The molecule has 0 amide bonds. The molecule has 0 aliphatic carbocycles. The maximum Gasteiger partial charge on any atom is 0.145 e. The summed E-state index contributed by atoms with van der Waals surface area (Å²) in [6, 6.07) is 15.0. The summed E-state index contributed by atoms with van der Waals surface area (Å²) in [5.74, 6) is 0.660. The Balaban J connectivity index is 1.85. The Hall–Kier alpha value is -2.26. The van der Waals surface area contributed by atoms with Crippen LogP contribution in [-0.2, 0) is 6.61 Å². The van der Waals surface area contributed by atoms with Crippen LogP contribution in [-0.4, -0.2) is 10.1 Å². The number of ether oxygens (including phenoxy) is 1. The minimum atomic E-state index is 0.167. The number of halogens is 1. The first-order valence-corrected chi connectivity index (χ1v) is 6.98. The summed E-state index contributed by atoms with van der Waals surface area (Å²) in [6.45, 7) is 2.07. The van der Waals surface area contributed by atoms with Crippen molar-refractivity contribution in [1.82, 2.24) is 4.98 Å². The molecule has 1 N–H and O–H groups in total. The molecule has 0 spiro atoms. The van der Waals surface area contributed by atoms with E-state index in [1.165, 1.54) is 0 Å². The zero-order valence-corrected chi connectivity index (χ0v) is 12.3. The number of benzene rings is 2. The van der Waals surface area contributed by atoms with E-state index in [2.05, 4.69) is 4.98 Å². The van der Waals surface area contributed by atoms with Gasteiger partial charge in [0.15, 0.2) is 0 Å². The average Bonchev–Trinajstić information content (AvgIpc) is 2.51. The molecule has 3 nitrogen and oxygen atoms in total. The van der Waals surface area contributed by atoms with Crippen LogP contribution in [0.1, 0.15) is 11.3 Å². The van der Waals surface area contributed by atoms with E-state index >= 15 is 0 Å². The van der Waals surface area contributed by atoms with E-state index in [0.29, 0.717) is 22.9 Å². The molecule has 3 aromatic rings. The van der Waals surface area contributed by atoms with Crippen molar-refractivity contribution in [3.05, 3.63) is 64.8 Å². The summed E-state index contributed by atoms with van der Waals surface area (Å²) in [6.07, 6.45) is 0. The van der Waals surface area contributed by atoms with Crippen molar-refractivity contribution in [1.29, 1.82) is 0 Å². The fourth-order valence-corrected chi connectivity index (χ4v) is 2.42. The minimum absolute atomic E-state index is 0.167. The molecule has 0 saturated carbocycles. The number of hydrogen-bond donors (Lipinski definition) is 1. The number of fused-ring (bicyclic) bond motifs is 1. The maximum atomic E-state index is 9.71. The SMILES string of the molecule is Cc1c(O)ccc(Cl)c1OCc1ccc2ccccc2n1. The van der Waals surface area contributed by atoms with Gasteiger partial charge in [0.25, 0.3) is 0 Å². The molecule has 106 valence electrons. The first-order valence-electron chi connectivity index (χ1n) is 6.60. The second-order valence-electron chi connectivity index (χ2n) is 4.80. The number of rotatable bonds is 3. The Morgan fingerprint density at radius 1 is 1.10 bits per heavy atom. The molecule has 0 unspecified atom stereocenters. The molecule has 0 atom stereocenters. The zero-order chi connectivity index (χ0) is 14.8. The summed E-state index contributed by atoms with van der Waals surface area (Å²) < 4.78 is 5.73. The van der Waals surface area contributed by atoms with Crippen molar-refractivity contribution in [2.24, 2.45) is 0 Å². The molecule has 0 radical (unpaired) electrons. The number of phenols is 1. The molecule has 0 aliphatic heterocycles. The third-order valence-electron chi connectivity index (χ3n) is 3.35. The molecule has 0 saturated heterocycles. The standard InChI is InChI=1S/C17H14ClNO2/c1-11-16(20)9-8-14(18)17(11)21-10-13-7-6-12-4-2-3-5-15(12)19-13/h2-9,20H,10H2,1H3. The fraction of sp³-hybridized carbons (Fsp3) is 0.118. The van der Waals surface area contributed by atoms with Gasteiger partial charge in [-0.15, -0.1) is 0 Å². The highest BCUT2D eigenvalue weighted by atomic mass is 35.5. The molecule has 1 heterocycles. The number of hydrogen-bond acceptors (Lipinski definition) is 3. The van der Waals surface area contributed by atoms with Gasteiger partial charge < -0.3 is 9.84 Å². The van der Waals surface area contributed by atoms with E-state index in [4.69, 9.17) is 16.3 Å². The number of aromatic nitrogens is 1. The summed E-state index contributed by atoms with van der Waals surface area (Å²) in [7, 11) is 0. The lowest BCUT2D eigenvalue weighted by atomic mass is 10.2. The minimum Gasteiger partial charge on any atom is -0.508 e. The smallest absolute Gasteiger partial charge is 0.145 e. The molecule has 3 rings (SSSR count). The molecule has 0 bridgehead atoms. The van der Waals surface area contributed by atoms with E-state index in [1.54, 1.807) is 19.1 Å². The molecule has 0 fully saturated rings. The zero-order valence-electron chi connectivity index (χ0n) is 11.5. The van der Waals surface area contributed by atoms with Crippen LogP contribution in [0.4, 0.5) is 0 Å². The van der Waals surface area contributed by atoms with Gasteiger partial charge in [-0.25, -0.2) is 4.98 Å². The largest absolute Gasteiger partial charge is 0.508 e. The molecular weight excluding hydrogens is 286 g/mol. The summed E-state index contributed by atoms with van der Waals surface area (Å²) in [4.78, 5) is 4.54. The van der Waals surface area contributed by atoms with Crippen LogP contribution < -0.4 is 4.74 Å². The first-order chi connectivity index (χ1) is 10.1. The number of phenolic OH excluding ortho intramolecular Hbond substituents is 1. The third-order valence-corrected chi connectivity index (χ3v) is 3.65. The van der Waals surface area contributed by atoms with Crippen LogP contribution in [0.15, 0.2) is 48.5 Å². The predicted octanol–water partition coefficient (Wildman–Crippen LogP) is 4.48. The molecule has 1 aromatic heterocycles. The van der Waals surface area contributed by atoms with Crippen LogP contribution in [0.2, 0.25) is 5.02 Å². The van der Waals surface area contributed by atoms with Crippen molar-refractivity contribution < 1.29 is 9.84 Å². The normalized spacial score (nSPS) is 10.8. The van der Waals surface area contributed by atoms with Crippen molar-refractivity contribution in [2.45, 2.75) is 13.5 Å². The van der Waals surface area contributed by atoms with E-state index < -0.39 is 0 Å². The monoisotopic (exact) mass is 299 g/mol. The van der Waals surface area contributed by atoms with E-state index in [0.717, 1.165) is 16.6 Å². The topological polar surface area (TPSA) is 42.4 Å². The number of aromatic hydroxyl groups is 1. The highest BCUT2D eigenvalue weighted by molar-refractivity contribution is 6.32. The molecule has 21 heavy (non-hydrogen) atoms. The van der Waals surface area contributed by atoms with Crippen LogP contribution in [0, 0.1) is 6.92 Å². The number of pyridine rings is 1. The van der Waals surface area contributed by atoms with Gasteiger partial charge >= 0.3 is 0 Å². The van der Waals surface area contributed by atoms with E-state index in [9.17, 15) is 5.11 Å². The van der Waals surface area contributed by atoms with Gasteiger partial charge in [0.2, 0.25) is 0 Å². The van der Waals surface area contributed by atoms with Crippen LogP contribution >= 0.6 is 11.6 Å². The summed E-state index contributed by atoms with van der Waals surface area (Å²) in [5, 5.41) is 11.3. The quantitative estimate of drug-likeness (QED) is 0.775. The lowest BCUT2D eigenvalue weighted by Gasteiger charge is -2.12. The van der Waals surface area contributed by atoms with Crippen molar-refractivity contribution >= 4 is 22.5 Å². The lowest BCUT2D eigenvalue weighted by molar-refractivity contribution is 0.298. The maximum absolute atomic E-state index is 9.71. The first kappa shape index (κ1) is 13.7. The van der Waals surface area contributed by atoms with Gasteiger partial charge in [0, 0.05) is 10.9 Å². The highest BCUT2D eigenvalue weighted by Crippen LogP contribution is 2.34. The van der Waals surface area contributed by atoms with Crippen LogP contribution in [0.5, 0.6) is 11.5 Å². The Morgan fingerprint density at radius 2 is 1.90 bits per heavy atom. The van der Waals surface area contributed by atoms with Gasteiger partial charge in [-0.2, -0.15) is 0 Å². The Labute approximate surface area is 127 Å². The fourth-order valence-electron chi connectivity index (χ4n) is 2.16. The van der Waals surface area contributed by atoms with E-state index in [1.807, 2.05) is 36.4 Å².